The number of amides is 1. The summed E-state index contributed by atoms with van der Waals surface area (Å²) < 4.78 is 5.53. The Morgan fingerprint density at radius 1 is 1.12 bits per heavy atom. The van der Waals surface area contributed by atoms with Gasteiger partial charge in [0.05, 0.1) is 5.41 Å². The van der Waals surface area contributed by atoms with Crippen LogP contribution >= 0.6 is 11.6 Å². The predicted octanol–water partition coefficient (Wildman–Crippen LogP) is 4.05. The SMILES string of the molecule is C[C@@H]1[C@H](C)CCC[C@H]1NC(=O)COC(=O)C12C[C@H]3C[C@@H](CC(Cl)(C3)C1)C2. The van der Waals surface area contributed by atoms with Gasteiger partial charge in [0.1, 0.15) is 0 Å². The second-order valence-corrected chi connectivity index (χ2v) is 10.7. The number of hydrogen-bond donors (Lipinski definition) is 1. The molecule has 4 nitrogen and oxygen atoms in total. The average molecular weight is 382 g/mol. The van der Waals surface area contributed by atoms with Crippen LogP contribution in [0.1, 0.15) is 71.6 Å². The number of carbonyl (C=O) groups is 2. The van der Waals surface area contributed by atoms with Crippen molar-refractivity contribution in [3.8, 4) is 0 Å². The van der Waals surface area contributed by atoms with Crippen molar-refractivity contribution < 1.29 is 14.3 Å². The van der Waals surface area contributed by atoms with Crippen LogP contribution in [0.25, 0.3) is 0 Å². The standard InChI is InChI=1S/C21H32ClNO3/c1-13-4-3-5-17(14(13)2)23-18(24)11-26-19(25)20-7-15-6-16(8-20)10-21(22,9-15)12-20/h13-17H,3-12H2,1-2H3,(H,23,24)/t13-,14-,15-,16-,17-,20?,21?/m1/s1. The van der Waals surface area contributed by atoms with Crippen molar-refractivity contribution in [2.75, 3.05) is 6.61 Å². The van der Waals surface area contributed by atoms with Crippen LogP contribution in [0.2, 0.25) is 0 Å². The number of alkyl halides is 1. The summed E-state index contributed by atoms with van der Waals surface area (Å²) in [5, 5.41) is 3.09. The van der Waals surface area contributed by atoms with Gasteiger partial charge in [0.2, 0.25) is 0 Å². The molecule has 5 rings (SSSR count). The van der Waals surface area contributed by atoms with Crippen LogP contribution in [0.15, 0.2) is 0 Å². The van der Waals surface area contributed by atoms with Crippen molar-refractivity contribution >= 4 is 23.5 Å². The number of halogens is 1. The first-order valence-electron chi connectivity index (χ1n) is 10.4. The van der Waals surface area contributed by atoms with Crippen molar-refractivity contribution in [2.24, 2.45) is 29.1 Å². The van der Waals surface area contributed by atoms with E-state index in [9.17, 15) is 9.59 Å². The maximum absolute atomic E-state index is 12.9. The van der Waals surface area contributed by atoms with Crippen molar-refractivity contribution in [3.05, 3.63) is 0 Å². The van der Waals surface area contributed by atoms with E-state index >= 15 is 0 Å². The predicted molar refractivity (Wildman–Crippen MR) is 101 cm³/mol. The summed E-state index contributed by atoms with van der Waals surface area (Å²) in [5.41, 5.74) is -0.432. The highest BCUT2D eigenvalue weighted by molar-refractivity contribution is 6.24. The molecule has 146 valence electrons. The highest BCUT2D eigenvalue weighted by Gasteiger charge is 2.60. The third-order valence-corrected chi connectivity index (χ3v) is 8.25. The van der Waals surface area contributed by atoms with Gasteiger partial charge >= 0.3 is 5.97 Å². The Morgan fingerprint density at radius 3 is 2.46 bits per heavy atom. The number of hydrogen-bond acceptors (Lipinski definition) is 3. The summed E-state index contributed by atoms with van der Waals surface area (Å²) in [6.45, 7) is 4.30. The minimum atomic E-state index is -0.432. The summed E-state index contributed by atoms with van der Waals surface area (Å²) in [6, 6.07) is 0.204. The maximum atomic E-state index is 12.9. The first-order chi connectivity index (χ1) is 12.3. The van der Waals surface area contributed by atoms with E-state index in [0.717, 1.165) is 44.9 Å². The Hall–Kier alpha value is -0.770. The van der Waals surface area contributed by atoms with Crippen LogP contribution < -0.4 is 5.32 Å². The van der Waals surface area contributed by atoms with E-state index in [2.05, 4.69) is 19.2 Å². The molecule has 0 saturated heterocycles. The van der Waals surface area contributed by atoms with Crippen molar-refractivity contribution in [1.82, 2.24) is 5.32 Å². The van der Waals surface area contributed by atoms with E-state index in [4.69, 9.17) is 16.3 Å². The summed E-state index contributed by atoms with van der Waals surface area (Å²) in [7, 11) is 0. The molecule has 0 aromatic rings. The second-order valence-electron chi connectivity index (χ2n) is 9.91. The molecule has 0 radical (unpaired) electrons. The van der Waals surface area contributed by atoms with Gasteiger partial charge in [-0.25, -0.2) is 0 Å². The van der Waals surface area contributed by atoms with E-state index in [-0.39, 0.29) is 29.4 Å². The van der Waals surface area contributed by atoms with Gasteiger partial charge in [-0.2, -0.15) is 0 Å². The number of rotatable bonds is 4. The minimum Gasteiger partial charge on any atom is -0.455 e. The molecule has 0 aliphatic heterocycles. The lowest BCUT2D eigenvalue weighted by Gasteiger charge is -2.58. The molecule has 5 fully saturated rings. The molecule has 0 aromatic heterocycles. The van der Waals surface area contributed by atoms with Gasteiger partial charge in [-0.15, -0.1) is 11.6 Å². The lowest BCUT2D eigenvalue weighted by molar-refractivity contribution is -0.172. The molecule has 5 aliphatic carbocycles. The third-order valence-electron chi connectivity index (χ3n) is 7.81. The number of ether oxygens (including phenoxy) is 1. The molecule has 5 heteroatoms. The molecular weight excluding hydrogens is 350 g/mol. The molecule has 0 unspecified atom stereocenters. The first kappa shape index (κ1) is 18.6. The van der Waals surface area contributed by atoms with E-state index in [1.807, 2.05) is 0 Å². The average Bonchev–Trinajstić information content (AvgIpc) is 2.54. The fourth-order valence-electron chi connectivity index (χ4n) is 6.71. The molecule has 5 atom stereocenters. The van der Waals surface area contributed by atoms with Crippen LogP contribution in [0.3, 0.4) is 0 Å². The molecule has 0 heterocycles. The van der Waals surface area contributed by atoms with Gasteiger partial charge in [-0.3, -0.25) is 9.59 Å². The molecule has 0 aromatic carbocycles. The topological polar surface area (TPSA) is 55.4 Å². The van der Waals surface area contributed by atoms with E-state index < -0.39 is 5.41 Å². The molecule has 26 heavy (non-hydrogen) atoms. The third kappa shape index (κ3) is 3.39. The maximum Gasteiger partial charge on any atom is 0.312 e. The van der Waals surface area contributed by atoms with E-state index in [0.29, 0.717) is 23.7 Å². The molecule has 4 bridgehead atoms. The van der Waals surface area contributed by atoms with Crippen molar-refractivity contribution in [2.45, 2.75) is 82.6 Å². The van der Waals surface area contributed by atoms with Gasteiger partial charge in [-0.1, -0.05) is 26.7 Å². The zero-order chi connectivity index (χ0) is 18.5. The van der Waals surface area contributed by atoms with Crippen LogP contribution in [-0.4, -0.2) is 29.4 Å². The Morgan fingerprint density at radius 2 is 1.81 bits per heavy atom. The molecule has 1 N–H and O–H groups in total. The summed E-state index contributed by atoms with van der Waals surface area (Å²) in [4.78, 5) is 25.0. The largest absolute Gasteiger partial charge is 0.455 e. The Bertz CT molecular complexity index is 578. The second kappa shape index (κ2) is 6.68. The fourth-order valence-corrected chi connectivity index (χ4v) is 7.40. The summed E-state index contributed by atoms with van der Waals surface area (Å²) in [5.74, 6) is 1.87. The van der Waals surface area contributed by atoms with Gasteiger partial charge in [0.15, 0.2) is 6.61 Å². The minimum absolute atomic E-state index is 0.150. The number of carbonyl (C=O) groups excluding carboxylic acids is 2. The van der Waals surface area contributed by atoms with Crippen LogP contribution in [0.4, 0.5) is 0 Å². The van der Waals surface area contributed by atoms with Crippen LogP contribution in [-0.2, 0) is 14.3 Å². The van der Waals surface area contributed by atoms with Gasteiger partial charge in [0.25, 0.3) is 5.91 Å². The highest BCUT2D eigenvalue weighted by Crippen LogP contribution is 2.64. The Kier molecular flexibility index (Phi) is 4.78. The highest BCUT2D eigenvalue weighted by atomic mass is 35.5. The van der Waals surface area contributed by atoms with Gasteiger partial charge in [-0.05, 0) is 68.6 Å². The van der Waals surface area contributed by atoms with Gasteiger partial charge < -0.3 is 10.1 Å². The molecule has 5 saturated carbocycles. The normalized spacial score (nSPS) is 46.8. The lowest BCUT2D eigenvalue weighted by atomic mass is 9.49. The Labute approximate surface area is 161 Å². The molecular formula is C21H32ClNO3. The van der Waals surface area contributed by atoms with Gasteiger partial charge in [0, 0.05) is 10.9 Å². The Balaban J connectivity index is 1.32. The van der Waals surface area contributed by atoms with Crippen LogP contribution in [0, 0.1) is 29.1 Å². The van der Waals surface area contributed by atoms with Crippen molar-refractivity contribution in [1.29, 1.82) is 0 Å². The first-order valence-corrected chi connectivity index (χ1v) is 10.8. The number of nitrogens with one attached hydrogen (secondary N) is 1. The summed E-state index contributed by atoms with van der Waals surface area (Å²) >= 11 is 6.80. The molecule has 0 spiro atoms. The number of esters is 1. The monoisotopic (exact) mass is 381 g/mol. The zero-order valence-electron chi connectivity index (χ0n) is 16.1. The van der Waals surface area contributed by atoms with E-state index in [1.54, 1.807) is 0 Å². The molecule has 5 aliphatic rings. The quantitative estimate of drug-likeness (QED) is 0.590. The smallest absolute Gasteiger partial charge is 0.312 e. The van der Waals surface area contributed by atoms with Crippen LogP contribution in [0.5, 0.6) is 0 Å². The van der Waals surface area contributed by atoms with Crippen molar-refractivity contribution in [3.63, 3.8) is 0 Å². The lowest BCUT2D eigenvalue weighted by Crippen LogP contribution is -2.56. The fraction of sp³-hybridized carbons (Fsp3) is 0.905. The molecule has 1 amide bonds. The van der Waals surface area contributed by atoms with E-state index in [1.165, 1.54) is 12.8 Å². The zero-order valence-corrected chi connectivity index (χ0v) is 16.8. The summed E-state index contributed by atoms with van der Waals surface area (Å²) in [6.07, 6.45) is 9.22.